The number of hydrogen-bond acceptors (Lipinski definition) is 3. The fraction of sp³-hybridized carbons (Fsp3) is 0.833. The van der Waals surface area contributed by atoms with Crippen molar-refractivity contribution in [3.05, 3.63) is 12.2 Å². The van der Waals surface area contributed by atoms with Crippen LogP contribution in [-0.4, -0.2) is 23.7 Å². The molecule has 0 aliphatic heterocycles. The Hall–Kier alpha value is -1.32. The zero-order chi connectivity index (χ0) is 20.9. The molecule has 0 aliphatic rings. The minimum atomic E-state index is -0.885. The van der Waals surface area contributed by atoms with Crippen LogP contribution >= 0.6 is 0 Å². The molecule has 0 spiro atoms. The fourth-order valence-electron chi connectivity index (χ4n) is 3.25. The molecule has 1 atom stereocenters. The van der Waals surface area contributed by atoms with Crippen LogP contribution in [0.4, 0.5) is 0 Å². The van der Waals surface area contributed by atoms with E-state index in [2.05, 4.69) is 19.1 Å². The topological polar surface area (TPSA) is 63.6 Å². The minimum Gasteiger partial charge on any atom is -0.481 e. The average molecular weight is 397 g/mol. The zero-order valence-corrected chi connectivity index (χ0v) is 18.4. The number of hydrogen-bond donors (Lipinski definition) is 1. The molecule has 0 aromatic carbocycles. The number of aliphatic carboxylic acids is 1. The lowest BCUT2D eigenvalue weighted by atomic mass is 9.97. The number of allylic oxidation sites excluding steroid dienone is 2. The van der Waals surface area contributed by atoms with Gasteiger partial charge < -0.3 is 9.84 Å². The van der Waals surface area contributed by atoms with Gasteiger partial charge in [-0.05, 0) is 38.5 Å². The van der Waals surface area contributed by atoms with Gasteiger partial charge in [0.1, 0.15) is 0 Å². The number of unbranched alkanes of at least 4 members (excludes halogenated alkanes) is 11. The van der Waals surface area contributed by atoms with E-state index in [-0.39, 0.29) is 12.4 Å². The van der Waals surface area contributed by atoms with E-state index in [9.17, 15) is 14.7 Å². The molecule has 28 heavy (non-hydrogen) atoms. The molecule has 164 valence electrons. The maximum atomic E-state index is 11.6. The van der Waals surface area contributed by atoms with Crippen molar-refractivity contribution in [3.63, 3.8) is 0 Å². The van der Waals surface area contributed by atoms with Gasteiger partial charge in [-0.2, -0.15) is 0 Å². The largest absolute Gasteiger partial charge is 0.481 e. The third-order valence-corrected chi connectivity index (χ3v) is 5.04. The Morgan fingerprint density at radius 3 is 1.86 bits per heavy atom. The molecular weight excluding hydrogens is 352 g/mol. The van der Waals surface area contributed by atoms with Gasteiger partial charge >= 0.3 is 11.9 Å². The summed E-state index contributed by atoms with van der Waals surface area (Å²) in [5, 5.41) is 9.25. The summed E-state index contributed by atoms with van der Waals surface area (Å²) in [5.74, 6) is -1.87. The van der Waals surface area contributed by atoms with Crippen molar-refractivity contribution in [2.75, 3.05) is 6.61 Å². The molecule has 0 aromatic rings. The molecule has 1 N–H and O–H groups in total. The first-order chi connectivity index (χ1) is 13.6. The average Bonchev–Trinajstić information content (AvgIpc) is 2.68. The standard InChI is InChI=1S/C24H44O4/c1-3-5-6-7-8-9-10-11-12-13-14-15-16-17-18-19-22(24(26)27)21-23(25)28-20-4-2/h11-12,22H,3-10,13-21H2,1-2H3,(H,26,27)/b12-11+. The normalized spacial score (nSPS) is 12.4. The van der Waals surface area contributed by atoms with E-state index in [1.807, 2.05) is 6.92 Å². The van der Waals surface area contributed by atoms with E-state index in [1.54, 1.807) is 0 Å². The molecule has 0 aromatic heterocycles. The maximum Gasteiger partial charge on any atom is 0.307 e. The first kappa shape index (κ1) is 26.7. The number of carboxylic acid groups (broad SMARTS) is 1. The lowest BCUT2D eigenvalue weighted by molar-refractivity contribution is -0.151. The fourth-order valence-corrected chi connectivity index (χ4v) is 3.25. The summed E-state index contributed by atoms with van der Waals surface area (Å²) in [4.78, 5) is 22.9. The van der Waals surface area contributed by atoms with Gasteiger partial charge in [0.2, 0.25) is 0 Å². The summed E-state index contributed by atoms with van der Waals surface area (Å²) in [6, 6.07) is 0. The molecule has 0 saturated carbocycles. The van der Waals surface area contributed by atoms with Crippen LogP contribution in [0.25, 0.3) is 0 Å². The van der Waals surface area contributed by atoms with Gasteiger partial charge in [0.15, 0.2) is 0 Å². The van der Waals surface area contributed by atoms with Crippen molar-refractivity contribution in [2.45, 2.75) is 117 Å². The summed E-state index contributed by atoms with van der Waals surface area (Å²) in [7, 11) is 0. The van der Waals surface area contributed by atoms with Gasteiger partial charge in [-0.1, -0.05) is 83.8 Å². The van der Waals surface area contributed by atoms with E-state index >= 15 is 0 Å². The van der Waals surface area contributed by atoms with Gasteiger partial charge in [0.25, 0.3) is 0 Å². The number of ether oxygens (including phenoxy) is 1. The maximum absolute atomic E-state index is 11.6. The van der Waals surface area contributed by atoms with E-state index < -0.39 is 11.9 Å². The van der Waals surface area contributed by atoms with Crippen LogP contribution in [0.3, 0.4) is 0 Å². The molecular formula is C24H44O4. The number of carbonyl (C=O) groups excluding carboxylic acids is 1. The summed E-state index contributed by atoms with van der Waals surface area (Å²) >= 11 is 0. The molecule has 0 aliphatic carbocycles. The lowest BCUT2D eigenvalue weighted by Gasteiger charge is -2.11. The SMILES string of the molecule is CCCCCCCC/C=C/CCCCCCCC(CC(=O)OCCC)C(=O)O. The summed E-state index contributed by atoms with van der Waals surface area (Å²) < 4.78 is 4.99. The van der Waals surface area contributed by atoms with Crippen LogP contribution in [0.5, 0.6) is 0 Å². The van der Waals surface area contributed by atoms with E-state index in [0.29, 0.717) is 13.0 Å². The lowest BCUT2D eigenvalue weighted by Crippen LogP contribution is -2.19. The molecule has 1 unspecified atom stereocenters. The van der Waals surface area contributed by atoms with Crippen LogP contribution in [-0.2, 0) is 14.3 Å². The highest BCUT2D eigenvalue weighted by Gasteiger charge is 2.21. The Morgan fingerprint density at radius 2 is 1.32 bits per heavy atom. The second-order valence-electron chi connectivity index (χ2n) is 7.83. The first-order valence-electron chi connectivity index (χ1n) is 11.6. The van der Waals surface area contributed by atoms with Crippen molar-refractivity contribution < 1.29 is 19.4 Å². The van der Waals surface area contributed by atoms with Crippen LogP contribution in [0.15, 0.2) is 12.2 Å². The number of esters is 1. The van der Waals surface area contributed by atoms with E-state index in [4.69, 9.17) is 4.74 Å². The molecule has 0 bridgehead atoms. The van der Waals surface area contributed by atoms with Crippen LogP contribution in [0, 0.1) is 5.92 Å². The molecule has 4 nitrogen and oxygen atoms in total. The number of carboxylic acids is 1. The molecule has 0 heterocycles. The first-order valence-corrected chi connectivity index (χ1v) is 11.6. The van der Waals surface area contributed by atoms with Crippen LogP contribution in [0.2, 0.25) is 0 Å². The van der Waals surface area contributed by atoms with Gasteiger partial charge in [-0.3, -0.25) is 9.59 Å². The molecule has 0 radical (unpaired) electrons. The smallest absolute Gasteiger partial charge is 0.307 e. The van der Waals surface area contributed by atoms with Crippen molar-refractivity contribution in [1.82, 2.24) is 0 Å². The molecule has 0 fully saturated rings. The molecule has 4 heteroatoms. The predicted molar refractivity (Wildman–Crippen MR) is 116 cm³/mol. The molecule has 0 rings (SSSR count). The second-order valence-corrected chi connectivity index (χ2v) is 7.83. The number of carbonyl (C=O) groups is 2. The third-order valence-electron chi connectivity index (χ3n) is 5.04. The Kier molecular flexibility index (Phi) is 19.5. The van der Waals surface area contributed by atoms with Crippen molar-refractivity contribution in [3.8, 4) is 0 Å². The second kappa shape index (κ2) is 20.4. The number of rotatable bonds is 20. The zero-order valence-electron chi connectivity index (χ0n) is 18.4. The Labute approximate surface area is 173 Å². The summed E-state index contributed by atoms with van der Waals surface area (Å²) in [5.41, 5.74) is 0. The molecule has 0 amide bonds. The highest BCUT2D eigenvalue weighted by Crippen LogP contribution is 2.17. The van der Waals surface area contributed by atoms with Crippen molar-refractivity contribution >= 4 is 11.9 Å². The van der Waals surface area contributed by atoms with Gasteiger partial charge in [0.05, 0.1) is 18.9 Å². The monoisotopic (exact) mass is 396 g/mol. The summed E-state index contributed by atoms with van der Waals surface area (Å²) in [6.07, 6.45) is 21.9. The van der Waals surface area contributed by atoms with Gasteiger partial charge in [-0.25, -0.2) is 0 Å². The van der Waals surface area contributed by atoms with Crippen LogP contribution in [0.1, 0.15) is 117 Å². The van der Waals surface area contributed by atoms with Gasteiger partial charge in [0, 0.05) is 0 Å². The highest BCUT2D eigenvalue weighted by atomic mass is 16.5. The van der Waals surface area contributed by atoms with Crippen molar-refractivity contribution in [1.29, 1.82) is 0 Å². The van der Waals surface area contributed by atoms with E-state index in [0.717, 1.165) is 32.1 Å². The molecule has 0 saturated heterocycles. The Morgan fingerprint density at radius 1 is 0.786 bits per heavy atom. The minimum absolute atomic E-state index is 0.00126. The van der Waals surface area contributed by atoms with Crippen molar-refractivity contribution in [2.24, 2.45) is 5.92 Å². The van der Waals surface area contributed by atoms with Gasteiger partial charge in [-0.15, -0.1) is 0 Å². The Bertz CT molecular complexity index is 403. The highest BCUT2D eigenvalue weighted by molar-refractivity contribution is 5.78. The Balaban J connectivity index is 3.54. The predicted octanol–water partition coefficient (Wildman–Crippen LogP) is 7.07. The quantitative estimate of drug-likeness (QED) is 0.136. The third kappa shape index (κ3) is 18.1. The van der Waals surface area contributed by atoms with Crippen LogP contribution < -0.4 is 0 Å². The summed E-state index contributed by atoms with van der Waals surface area (Å²) in [6.45, 7) is 4.55. The van der Waals surface area contributed by atoms with E-state index in [1.165, 1.54) is 57.8 Å².